The topological polar surface area (TPSA) is 86.8 Å². The van der Waals surface area contributed by atoms with Crippen molar-refractivity contribution in [1.29, 1.82) is 0 Å². The molecule has 2 amide bonds. The Kier molecular flexibility index (Phi) is 8.98. The van der Waals surface area contributed by atoms with Crippen molar-refractivity contribution in [3.8, 4) is 0 Å². The number of para-hydroxylation sites is 1. The second-order valence-corrected chi connectivity index (χ2v) is 11.0. The van der Waals surface area contributed by atoms with Crippen LogP contribution in [0.1, 0.15) is 42.6 Å². The summed E-state index contributed by atoms with van der Waals surface area (Å²) in [6.45, 7) is 5.34. The highest BCUT2D eigenvalue weighted by molar-refractivity contribution is 7.88. The lowest BCUT2D eigenvalue weighted by Gasteiger charge is -2.31. The number of sulfonamides is 1. The van der Waals surface area contributed by atoms with Crippen molar-refractivity contribution in [2.45, 2.75) is 32.4 Å². The van der Waals surface area contributed by atoms with E-state index in [1.54, 1.807) is 41.3 Å². The molecule has 0 radical (unpaired) electrons. The van der Waals surface area contributed by atoms with Crippen LogP contribution in [-0.4, -0.2) is 55.6 Å². The fourth-order valence-electron chi connectivity index (χ4n) is 4.03. The van der Waals surface area contributed by atoms with Crippen molar-refractivity contribution in [2.24, 2.45) is 5.92 Å². The average Bonchev–Trinajstić information content (AvgIpc) is 2.82. The maximum Gasteiger partial charge on any atom is 0.255 e. The number of nitrogens with zero attached hydrogens (tertiary/aromatic N) is 2. The quantitative estimate of drug-likeness (QED) is 0.543. The zero-order chi connectivity index (χ0) is 24.9. The molecule has 0 spiro atoms. The Bertz CT molecular complexity index is 1150. The highest BCUT2D eigenvalue weighted by Gasteiger charge is 2.33. The average molecular weight is 526 g/mol. The van der Waals surface area contributed by atoms with E-state index in [1.165, 1.54) is 10.4 Å². The monoisotopic (exact) mass is 525 g/mol. The molecule has 7 nitrogen and oxygen atoms in total. The second-order valence-electron chi connectivity index (χ2n) is 8.20. The van der Waals surface area contributed by atoms with Crippen LogP contribution in [0.2, 0.25) is 10.0 Å². The Morgan fingerprint density at radius 3 is 2.50 bits per heavy atom. The number of hydrogen-bond donors (Lipinski definition) is 1. The number of piperidine rings is 1. The van der Waals surface area contributed by atoms with Crippen molar-refractivity contribution in [3.05, 3.63) is 63.6 Å². The number of carbonyl (C=O) groups excluding carboxylic acids is 2. The molecule has 0 aliphatic carbocycles. The lowest BCUT2D eigenvalue weighted by molar-refractivity contribution is -0.120. The molecule has 0 saturated carbocycles. The van der Waals surface area contributed by atoms with Crippen LogP contribution in [0.25, 0.3) is 0 Å². The SMILES string of the molecule is CCN(CC)C(=O)c1ccccc1NC(=O)C1CCCN(S(=O)(=O)Cc2ccc(Cl)cc2Cl)C1. The Labute approximate surface area is 211 Å². The summed E-state index contributed by atoms with van der Waals surface area (Å²) in [5.41, 5.74) is 1.30. The number of benzene rings is 2. The Morgan fingerprint density at radius 2 is 1.82 bits per heavy atom. The predicted molar refractivity (Wildman–Crippen MR) is 136 cm³/mol. The molecule has 2 aromatic carbocycles. The fraction of sp³-hybridized carbons (Fsp3) is 0.417. The highest BCUT2D eigenvalue weighted by Crippen LogP contribution is 2.27. The summed E-state index contributed by atoms with van der Waals surface area (Å²) < 4.78 is 27.5. The van der Waals surface area contributed by atoms with E-state index in [0.717, 1.165) is 0 Å². The van der Waals surface area contributed by atoms with Gasteiger partial charge in [0.2, 0.25) is 15.9 Å². The maximum atomic E-state index is 13.1. The summed E-state index contributed by atoms with van der Waals surface area (Å²) in [5, 5.41) is 3.58. The van der Waals surface area contributed by atoms with E-state index in [1.807, 2.05) is 13.8 Å². The smallest absolute Gasteiger partial charge is 0.255 e. The first kappa shape index (κ1) is 26.5. The van der Waals surface area contributed by atoms with E-state index >= 15 is 0 Å². The van der Waals surface area contributed by atoms with E-state index in [9.17, 15) is 18.0 Å². The van der Waals surface area contributed by atoms with Crippen LogP contribution in [0.15, 0.2) is 42.5 Å². The minimum Gasteiger partial charge on any atom is -0.339 e. The molecule has 0 bridgehead atoms. The third-order valence-electron chi connectivity index (χ3n) is 5.97. The molecule has 3 rings (SSSR count). The number of nitrogens with one attached hydrogen (secondary N) is 1. The van der Waals surface area contributed by atoms with Gasteiger partial charge in [0.15, 0.2) is 0 Å². The van der Waals surface area contributed by atoms with Gasteiger partial charge in [-0.15, -0.1) is 0 Å². The molecule has 2 aromatic rings. The molecule has 184 valence electrons. The molecule has 1 N–H and O–H groups in total. The standard InChI is InChI=1S/C24H29Cl2N3O4S/c1-3-28(4-2)24(31)20-9-5-6-10-22(20)27-23(30)17-8-7-13-29(15-17)34(32,33)16-18-11-12-19(25)14-21(18)26/h5-6,9-12,14,17H,3-4,7-8,13,15-16H2,1-2H3,(H,27,30). The normalized spacial score (nSPS) is 16.8. The molecule has 0 aromatic heterocycles. The Hall–Kier alpha value is -2.13. The van der Waals surface area contributed by atoms with Gasteiger partial charge in [-0.2, -0.15) is 0 Å². The zero-order valence-corrected chi connectivity index (χ0v) is 21.6. The van der Waals surface area contributed by atoms with Gasteiger partial charge in [0, 0.05) is 36.2 Å². The van der Waals surface area contributed by atoms with E-state index < -0.39 is 15.9 Å². The predicted octanol–water partition coefficient (Wildman–Crippen LogP) is 4.66. The number of hydrogen-bond acceptors (Lipinski definition) is 4. The van der Waals surface area contributed by atoms with Crippen LogP contribution in [0.3, 0.4) is 0 Å². The number of halogens is 2. The summed E-state index contributed by atoms with van der Waals surface area (Å²) in [7, 11) is -3.69. The van der Waals surface area contributed by atoms with Gasteiger partial charge in [0.25, 0.3) is 5.91 Å². The van der Waals surface area contributed by atoms with Gasteiger partial charge >= 0.3 is 0 Å². The molecule has 1 saturated heterocycles. The molecule has 10 heteroatoms. The minimum absolute atomic E-state index is 0.0749. The first-order valence-corrected chi connectivity index (χ1v) is 13.6. The summed E-state index contributed by atoms with van der Waals surface area (Å²) in [6.07, 6.45) is 1.12. The van der Waals surface area contributed by atoms with Crippen molar-refractivity contribution < 1.29 is 18.0 Å². The number of amides is 2. The van der Waals surface area contributed by atoms with E-state index in [0.29, 0.717) is 54.3 Å². The minimum atomic E-state index is -3.69. The molecule has 1 atom stereocenters. The first-order valence-electron chi connectivity index (χ1n) is 11.3. The van der Waals surface area contributed by atoms with Crippen LogP contribution < -0.4 is 5.32 Å². The van der Waals surface area contributed by atoms with Gasteiger partial charge in [-0.25, -0.2) is 12.7 Å². The summed E-state index contributed by atoms with van der Waals surface area (Å²) in [6, 6.07) is 11.6. The largest absolute Gasteiger partial charge is 0.339 e. The molecular formula is C24H29Cl2N3O4S. The van der Waals surface area contributed by atoms with Gasteiger partial charge in [0.1, 0.15) is 0 Å². The first-order chi connectivity index (χ1) is 16.2. The van der Waals surface area contributed by atoms with Gasteiger partial charge in [-0.3, -0.25) is 9.59 Å². The van der Waals surface area contributed by atoms with Gasteiger partial charge in [-0.05, 0) is 56.5 Å². The maximum absolute atomic E-state index is 13.1. The van der Waals surface area contributed by atoms with Crippen molar-refractivity contribution >= 4 is 50.7 Å². The van der Waals surface area contributed by atoms with Crippen LogP contribution in [0, 0.1) is 5.92 Å². The van der Waals surface area contributed by atoms with Gasteiger partial charge < -0.3 is 10.2 Å². The van der Waals surface area contributed by atoms with E-state index in [-0.39, 0.29) is 29.1 Å². The molecule has 1 aliphatic rings. The van der Waals surface area contributed by atoms with E-state index in [4.69, 9.17) is 23.2 Å². The zero-order valence-electron chi connectivity index (χ0n) is 19.3. The third kappa shape index (κ3) is 6.30. The van der Waals surface area contributed by atoms with Crippen molar-refractivity contribution in [3.63, 3.8) is 0 Å². The van der Waals surface area contributed by atoms with Crippen molar-refractivity contribution in [2.75, 3.05) is 31.5 Å². The van der Waals surface area contributed by atoms with E-state index in [2.05, 4.69) is 5.32 Å². The van der Waals surface area contributed by atoms with Gasteiger partial charge in [0.05, 0.1) is 22.9 Å². The molecule has 34 heavy (non-hydrogen) atoms. The summed E-state index contributed by atoms with van der Waals surface area (Å²) >= 11 is 12.1. The highest BCUT2D eigenvalue weighted by atomic mass is 35.5. The molecule has 1 aliphatic heterocycles. The Balaban J connectivity index is 1.72. The third-order valence-corrected chi connectivity index (χ3v) is 8.35. The summed E-state index contributed by atoms with van der Waals surface area (Å²) in [4.78, 5) is 27.6. The van der Waals surface area contributed by atoms with Crippen LogP contribution in [-0.2, 0) is 20.6 Å². The lowest BCUT2D eigenvalue weighted by atomic mass is 9.98. The second kappa shape index (κ2) is 11.5. The van der Waals surface area contributed by atoms with Crippen LogP contribution in [0.4, 0.5) is 5.69 Å². The van der Waals surface area contributed by atoms with Crippen LogP contribution >= 0.6 is 23.2 Å². The molecule has 1 unspecified atom stereocenters. The summed E-state index contributed by atoms with van der Waals surface area (Å²) in [5.74, 6) is -1.25. The number of rotatable bonds is 8. The number of carbonyl (C=O) groups is 2. The molecular weight excluding hydrogens is 497 g/mol. The van der Waals surface area contributed by atoms with Crippen molar-refractivity contribution in [1.82, 2.24) is 9.21 Å². The van der Waals surface area contributed by atoms with Crippen LogP contribution in [0.5, 0.6) is 0 Å². The number of anilines is 1. The molecule has 1 heterocycles. The Morgan fingerprint density at radius 1 is 1.12 bits per heavy atom. The lowest BCUT2D eigenvalue weighted by Crippen LogP contribution is -2.44. The molecule has 1 fully saturated rings. The van der Waals surface area contributed by atoms with Gasteiger partial charge in [-0.1, -0.05) is 41.4 Å². The fourth-order valence-corrected chi connectivity index (χ4v) is 6.23.